The molecule has 1 aromatic carbocycles. The highest BCUT2D eigenvalue weighted by molar-refractivity contribution is 5.79. The first-order chi connectivity index (χ1) is 13.1. The van der Waals surface area contributed by atoms with Gasteiger partial charge in [-0.3, -0.25) is 4.79 Å². The van der Waals surface area contributed by atoms with Crippen molar-refractivity contribution in [2.45, 2.75) is 25.3 Å². The van der Waals surface area contributed by atoms with Crippen LogP contribution in [0.3, 0.4) is 0 Å². The molecule has 6 heteroatoms. The summed E-state index contributed by atoms with van der Waals surface area (Å²) in [6.07, 6.45) is 6.31. The molecule has 2 atom stereocenters. The molecular formula is C21H29N5O. The molecule has 2 aromatic rings. The van der Waals surface area contributed by atoms with Gasteiger partial charge in [-0.05, 0) is 45.0 Å². The molecule has 27 heavy (non-hydrogen) atoms. The lowest BCUT2D eigenvalue weighted by molar-refractivity contribution is -0.125. The van der Waals surface area contributed by atoms with Gasteiger partial charge in [0.25, 0.3) is 0 Å². The highest BCUT2D eigenvalue weighted by Gasteiger charge is 2.27. The molecule has 1 amide bonds. The number of anilines is 1. The van der Waals surface area contributed by atoms with E-state index < -0.39 is 0 Å². The summed E-state index contributed by atoms with van der Waals surface area (Å²) in [7, 11) is 4.13. The molecule has 6 nitrogen and oxygen atoms in total. The Morgan fingerprint density at radius 3 is 2.67 bits per heavy atom. The van der Waals surface area contributed by atoms with Gasteiger partial charge in [-0.15, -0.1) is 0 Å². The van der Waals surface area contributed by atoms with E-state index in [2.05, 4.69) is 63.4 Å². The van der Waals surface area contributed by atoms with E-state index in [1.54, 1.807) is 12.4 Å². The Morgan fingerprint density at radius 2 is 1.96 bits per heavy atom. The molecule has 144 valence electrons. The Balaban J connectivity index is 1.54. The molecule has 3 rings (SSSR count). The van der Waals surface area contributed by atoms with Gasteiger partial charge in [0.2, 0.25) is 11.9 Å². The van der Waals surface area contributed by atoms with E-state index in [1.165, 1.54) is 5.56 Å². The maximum Gasteiger partial charge on any atom is 0.225 e. The minimum Gasteiger partial charge on any atom is -0.354 e. The zero-order valence-electron chi connectivity index (χ0n) is 16.2. The standard InChI is InChI=1S/C21H29N5O/c1-25(2)19(14-17-8-4-3-5-9-17)15-24-20(27)18-10-6-13-26(16-18)21-22-11-7-12-23-21/h3-5,7-9,11-12,18-19H,6,10,13-16H2,1-2H3,(H,24,27). The molecule has 1 N–H and O–H groups in total. The number of amides is 1. The Labute approximate surface area is 161 Å². The lowest BCUT2D eigenvalue weighted by atomic mass is 9.97. The van der Waals surface area contributed by atoms with Crippen LogP contribution in [-0.2, 0) is 11.2 Å². The predicted octanol–water partition coefficient (Wildman–Crippen LogP) is 1.98. The minimum atomic E-state index is -0.0120. The quantitative estimate of drug-likeness (QED) is 0.811. The van der Waals surface area contributed by atoms with Crippen molar-refractivity contribution in [3.05, 3.63) is 54.4 Å². The van der Waals surface area contributed by atoms with Crippen molar-refractivity contribution in [2.75, 3.05) is 38.6 Å². The van der Waals surface area contributed by atoms with E-state index in [0.29, 0.717) is 19.0 Å². The first-order valence-corrected chi connectivity index (χ1v) is 9.63. The summed E-state index contributed by atoms with van der Waals surface area (Å²) in [5.41, 5.74) is 1.29. The van der Waals surface area contributed by atoms with Gasteiger partial charge in [0.15, 0.2) is 0 Å². The largest absolute Gasteiger partial charge is 0.354 e. The maximum atomic E-state index is 12.8. The molecule has 1 aliphatic heterocycles. The van der Waals surface area contributed by atoms with Crippen molar-refractivity contribution < 1.29 is 4.79 Å². The second-order valence-corrected chi connectivity index (χ2v) is 7.39. The van der Waals surface area contributed by atoms with Gasteiger partial charge in [-0.25, -0.2) is 9.97 Å². The van der Waals surface area contributed by atoms with Crippen molar-refractivity contribution in [3.63, 3.8) is 0 Å². The number of carbonyl (C=O) groups is 1. The van der Waals surface area contributed by atoms with Gasteiger partial charge < -0.3 is 15.1 Å². The van der Waals surface area contributed by atoms with Crippen LogP contribution in [0, 0.1) is 5.92 Å². The summed E-state index contributed by atoms with van der Waals surface area (Å²) >= 11 is 0. The van der Waals surface area contributed by atoms with Gasteiger partial charge in [-0.2, -0.15) is 0 Å². The van der Waals surface area contributed by atoms with Crippen molar-refractivity contribution >= 4 is 11.9 Å². The van der Waals surface area contributed by atoms with Crippen molar-refractivity contribution in [2.24, 2.45) is 5.92 Å². The van der Waals surface area contributed by atoms with Crippen LogP contribution in [-0.4, -0.2) is 60.5 Å². The molecule has 2 unspecified atom stereocenters. The van der Waals surface area contributed by atoms with E-state index in [0.717, 1.165) is 25.8 Å². The van der Waals surface area contributed by atoms with Crippen molar-refractivity contribution in [3.8, 4) is 0 Å². The highest BCUT2D eigenvalue weighted by Crippen LogP contribution is 2.20. The van der Waals surface area contributed by atoms with Crippen LogP contribution in [0.2, 0.25) is 0 Å². The van der Waals surface area contributed by atoms with E-state index >= 15 is 0 Å². The summed E-state index contributed by atoms with van der Waals surface area (Å²) in [6.45, 7) is 2.24. The number of aromatic nitrogens is 2. The Morgan fingerprint density at radius 1 is 1.22 bits per heavy atom. The molecule has 0 spiro atoms. The van der Waals surface area contributed by atoms with Gasteiger partial charge in [-0.1, -0.05) is 30.3 Å². The monoisotopic (exact) mass is 367 g/mol. The van der Waals surface area contributed by atoms with Gasteiger partial charge in [0.05, 0.1) is 5.92 Å². The van der Waals surface area contributed by atoms with Gasteiger partial charge in [0, 0.05) is 38.1 Å². The zero-order chi connectivity index (χ0) is 19.1. The van der Waals surface area contributed by atoms with Crippen LogP contribution in [0.5, 0.6) is 0 Å². The van der Waals surface area contributed by atoms with Crippen molar-refractivity contribution in [1.82, 2.24) is 20.2 Å². The lowest BCUT2D eigenvalue weighted by Crippen LogP contribution is -2.47. The molecule has 0 aliphatic carbocycles. The molecule has 2 heterocycles. The summed E-state index contributed by atoms with van der Waals surface area (Å²) in [5.74, 6) is 0.836. The number of hydrogen-bond donors (Lipinski definition) is 1. The third-order valence-electron chi connectivity index (χ3n) is 5.18. The van der Waals surface area contributed by atoms with Crippen LogP contribution in [0.25, 0.3) is 0 Å². The van der Waals surface area contributed by atoms with E-state index in [4.69, 9.17) is 0 Å². The number of piperidine rings is 1. The number of hydrogen-bond acceptors (Lipinski definition) is 5. The molecule has 1 aromatic heterocycles. The van der Waals surface area contributed by atoms with Crippen molar-refractivity contribution in [1.29, 1.82) is 0 Å². The third kappa shape index (κ3) is 5.50. The summed E-state index contributed by atoms with van der Waals surface area (Å²) in [6, 6.07) is 12.5. The predicted molar refractivity (Wildman–Crippen MR) is 108 cm³/mol. The van der Waals surface area contributed by atoms with Crippen LogP contribution in [0.15, 0.2) is 48.8 Å². The molecule has 1 saturated heterocycles. The number of nitrogens with one attached hydrogen (secondary N) is 1. The fraction of sp³-hybridized carbons (Fsp3) is 0.476. The molecular weight excluding hydrogens is 338 g/mol. The molecule has 0 radical (unpaired) electrons. The number of likely N-dealkylation sites (N-methyl/N-ethyl adjacent to an activating group) is 1. The average Bonchev–Trinajstić information content (AvgIpc) is 2.72. The third-order valence-corrected chi connectivity index (χ3v) is 5.18. The second-order valence-electron chi connectivity index (χ2n) is 7.39. The second kappa shape index (κ2) is 9.46. The molecule has 0 saturated carbocycles. The summed E-state index contributed by atoms with van der Waals surface area (Å²) in [4.78, 5) is 25.7. The average molecular weight is 367 g/mol. The maximum absolute atomic E-state index is 12.8. The number of nitrogens with zero attached hydrogens (tertiary/aromatic N) is 4. The molecule has 1 fully saturated rings. The van der Waals surface area contributed by atoms with E-state index in [9.17, 15) is 4.79 Å². The lowest BCUT2D eigenvalue weighted by Gasteiger charge is -2.32. The molecule has 1 aliphatic rings. The highest BCUT2D eigenvalue weighted by atomic mass is 16.1. The zero-order valence-corrected chi connectivity index (χ0v) is 16.2. The fourth-order valence-corrected chi connectivity index (χ4v) is 3.51. The normalized spacial score (nSPS) is 18.3. The first kappa shape index (κ1) is 19.3. The Hall–Kier alpha value is -2.47. The van der Waals surface area contributed by atoms with Crippen LogP contribution >= 0.6 is 0 Å². The van der Waals surface area contributed by atoms with E-state index in [1.807, 2.05) is 12.1 Å². The fourth-order valence-electron chi connectivity index (χ4n) is 3.51. The number of benzene rings is 1. The van der Waals surface area contributed by atoms with E-state index in [-0.39, 0.29) is 17.9 Å². The van der Waals surface area contributed by atoms with Crippen LogP contribution in [0.1, 0.15) is 18.4 Å². The van der Waals surface area contributed by atoms with Crippen LogP contribution in [0.4, 0.5) is 5.95 Å². The topological polar surface area (TPSA) is 61.4 Å². The minimum absolute atomic E-state index is 0.0120. The number of carbonyl (C=O) groups excluding carboxylic acids is 1. The molecule has 0 bridgehead atoms. The Bertz CT molecular complexity index is 707. The summed E-state index contributed by atoms with van der Waals surface area (Å²) in [5, 5.41) is 3.18. The SMILES string of the molecule is CN(C)C(CNC(=O)C1CCCN(c2ncccn2)C1)Cc1ccccc1. The smallest absolute Gasteiger partial charge is 0.225 e. The van der Waals surface area contributed by atoms with Crippen LogP contribution < -0.4 is 10.2 Å². The summed E-state index contributed by atoms with van der Waals surface area (Å²) < 4.78 is 0. The van der Waals surface area contributed by atoms with Gasteiger partial charge in [0.1, 0.15) is 0 Å². The number of rotatable bonds is 7. The Kier molecular flexibility index (Phi) is 6.76. The first-order valence-electron chi connectivity index (χ1n) is 9.63. The van der Waals surface area contributed by atoms with Gasteiger partial charge >= 0.3 is 0 Å².